The number of ketones is 1. The number of hydrogen-bond acceptors (Lipinski definition) is 3. The van der Waals surface area contributed by atoms with Gasteiger partial charge in [0.1, 0.15) is 5.29 Å². The van der Waals surface area contributed by atoms with Crippen LogP contribution in [0.2, 0.25) is 0 Å². The van der Waals surface area contributed by atoms with Crippen LogP contribution in [-0.4, -0.2) is 23.7 Å². The fourth-order valence-corrected chi connectivity index (χ4v) is 8.48. The average molecular weight is 515 g/mol. The van der Waals surface area contributed by atoms with Crippen LogP contribution in [0.15, 0.2) is 115 Å². The monoisotopic (exact) mass is 514 g/mol. The van der Waals surface area contributed by atoms with Gasteiger partial charge in [-0.1, -0.05) is 115 Å². The molecule has 0 aliphatic carbocycles. The molecule has 0 aliphatic heterocycles. The summed E-state index contributed by atoms with van der Waals surface area (Å²) in [6.45, 7) is 0.890. The molecule has 0 aromatic heterocycles. The molecular formula is C34H27O3P. The first-order valence-corrected chi connectivity index (χ1v) is 14.1. The zero-order chi connectivity index (χ0) is 26.8. The molecule has 0 radical (unpaired) electrons. The van der Waals surface area contributed by atoms with Gasteiger partial charge in [-0.2, -0.15) is 0 Å². The van der Waals surface area contributed by atoms with Crippen molar-refractivity contribution in [3.8, 4) is 23.7 Å². The van der Waals surface area contributed by atoms with Crippen molar-refractivity contribution in [1.82, 2.24) is 0 Å². The second kappa shape index (κ2) is 12.6. The molecule has 0 N–H and O–H groups in total. The number of esters is 1. The van der Waals surface area contributed by atoms with Gasteiger partial charge in [0.2, 0.25) is 5.78 Å². The lowest BCUT2D eigenvalue weighted by Gasteiger charge is -2.30. The van der Waals surface area contributed by atoms with Crippen molar-refractivity contribution in [1.29, 1.82) is 0 Å². The Morgan fingerprint density at radius 1 is 0.684 bits per heavy atom. The summed E-state index contributed by atoms with van der Waals surface area (Å²) in [6.07, 6.45) is 0. The highest BCUT2D eigenvalue weighted by Gasteiger charge is 2.37. The van der Waals surface area contributed by atoms with Gasteiger partial charge in [0.15, 0.2) is 0 Å². The summed E-state index contributed by atoms with van der Waals surface area (Å²) in [7, 11) is 0. The first-order chi connectivity index (χ1) is 18.6. The number of carbonyl (C=O) groups is 2. The van der Waals surface area contributed by atoms with E-state index in [1.165, 1.54) is 0 Å². The molecule has 186 valence electrons. The van der Waals surface area contributed by atoms with Crippen LogP contribution < -0.4 is 15.9 Å². The van der Waals surface area contributed by atoms with Gasteiger partial charge in [-0.25, -0.2) is 4.79 Å². The average Bonchev–Trinajstić information content (AvgIpc) is 2.96. The summed E-state index contributed by atoms with van der Waals surface area (Å²) in [4.78, 5) is 27.6. The number of aryl methyl sites for hydroxylation is 1. The zero-order valence-corrected chi connectivity index (χ0v) is 22.2. The van der Waals surface area contributed by atoms with E-state index < -0.39 is 18.6 Å². The minimum absolute atomic E-state index is 0.0348. The van der Waals surface area contributed by atoms with Crippen molar-refractivity contribution in [3.63, 3.8) is 0 Å². The minimum atomic E-state index is -2.98. The molecule has 4 aromatic rings. The quantitative estimate of drug-likeness (QED) is 0.124. The highest BCUT2D eigenvalue weighted by Crippen LogP contribution is 2.46. The Hall–Kier alpha value is -4.56. The van der Waals surface area contributed by atoms with E-state index >= 15 is 0 Å². The normalized spacial score (nSPS) is 10.3. The van der Waals surface area contributed by atoms with E-state index in [0.29, 0.717) is 0 Å². The summed E-state index contributed by atoms with van der Waals surface area (Å²) in [5, 5.41) is 2.62. The first kappa shape index (κ1) is 26.5. The van der Waals surface area contributed by atoms with Gasteiger partial charge < -0.3 is 4.74 Å². The topological polar surface area (TPSA) is 43.4 Å². The van der Waals surface area contributed by atoms with Crippen LogP contribution in [0, 0.1) is 30.6 Å². The molecule has 38 heavy (non-hydrogen) atoms. The molecule has 4 heteroatoms. The first-order valence-electron chi connectivity index (χ1n) is 12.3. The molecule has 0 aliphatic rings. The lowest BCUT2D eigenvalue weighted by molar-refractivity contribution is -0.135. The number of Topliss-reactive ketones (excluding diaryl/α,β-unsaturated/α-hetero) is 1. The van der Waals surface area contributed by atoms with E-state index in [2.05, 4.69) is 23.7 Å². The molecule has 0 bridgehead atoms. The van der Waals surface area contributed by atoms with Crippen LogP contribution in [0.25, 0.3) is 0 Å². The number of benzene rings is 4. The van der Waals surface area contributed by atoms with Crippen LogP contribution in [-0.2, 0) is 14.3 Å². The Bertz CT molecular complexity index is 1490. The SMILES string of the molecule is CCOC(=O)C(C(=O)C#CC#Cc1ccc(C)cc1)=P(c1ccccc1)(c1ccccc1)c1ccccc1. The predicted molar refractivity (Wildman–Crippen MR) is 158 cm³/mol. The van der Waals surface area contributed by atoms with E-state index in [4.69, 9.17) is 4.74 Å². The smallest absolute Gasteiger partial charge is 0.343 e. The summed E-state index contributed by atoms with van der Waals surface area (Å²) in [5.41, 5.74) is 1.93. The summed E-state index contributed by atoms with van der Waals surface area (Å²) in [5.74, 6) is 9.80. The molecule has 4 aromatic carbocycles. The van der Waals surface area contributed by atoms with Gasteiger partial charge in [-0.3, -0.25) is 4.79 Å². The van der Waals surface area contributed by atoms with Gasteiger partial charge in [0.25, 0.3) is 0 Å². The molecule has 0 atom stereocenters. The van der Waals surface area contributed by atoms with Gasteiger partial charge in [0.05, 0.1) is 6.61 Å². The number of rotatable bonds is 6. The number of ether oxygens (including phenoxy) is 1. The van der Waals surface area contributed by atoms with Gasteiger partial charge in [-0.15, -0.1) is 0 Å². The Kier molecular flexibility index (Phi) is 8.79. The van der Waals surface area contributed by atoms with Crippen molar-refractivity contribution in [2.75, 3.05) is 6.61 Å². The molecule has 0 heterocycles. The van der Waals surface area contributed by atoms with Gasteiger partial charge in [0, 0.05) is 5.56 Å². The summed E-state index contributed by atoms with van der Waals surface area (Å²) >= 11 is 0. The van der Waals surface area contributed by atoms with Crippen molar-refractivity contribution in [2.24, 2.45) is 0 Å². The summed E-state index contributed by atoms with van der Waals surface area (Å²) < 4.78 is 5.51. The fourth-order valence-electron chi connectivity index (χ4n) is 4.26. The largest absolute Gasteiger partial charge is 0.462 e. The Labute approximate surface area is 224 Å². The maximum absolute atomic E-state index is 13.9. The molecule has 0 amide bonds. The van der Waals surface area contributed by atoms with E-state index in [9.17, 15) is 9.59 Å². The summed E-state index contributed by atoms with van der Waals surface area (Å²) in [6, 6.07) is 36.8. The Balaban J connectivity index is 2.04. The standard InChI is InChI=1S/C34H27O3P/c1-3-37-34(36)33(32(35)22-14-13-15-28-25-23-27(2)24-26-28)38(29-16-7-4-8-17-29,30-18-9-5-10-19-30)31-20-11-6-12-21-31/h4-12,16-21,23-26H,3H2,1-2H3. The van der Waals surface area contributed by atoms with Crippen LogP contribution in [0.3, 0.4) is 0 Å². The van der Waals surface area contributed by atoms with E-state index in [0.717, 1.165) is 27.0 Å². The third kappa shape index (κ3) is 5.71. The number of carbonyl (C=O) groups excluding carboxylic acids is 2. The maximum Gasteiger partial charge on any atom is 0.343 e. The lowest BCUT2D eigenvalue weighted by Crippen LogP contribution is -2.38. The van der Waals surface area contributed by atoms with Gasteiger partial charge in [-0.05, 0) is 66.5 Å². The van der Waals surface area contributed by atoms with E-state index in [1.807, 2.05) is 122 Å². The fraction of sp³-hybridized carbons (Fsp3) is 0.0882. The van der Waals surface area contributed by atoms with E-state index in [-0.39, 0.29) is 11.9 Å². The van der Waals surface area contributed by atoms with Crippen LogP contribution >= 0.6 is 6.89 Å². The molecule has 0 saturated carbocycles. The highest BCUT2D eigenvalue weighted by atomic mass is 31.2. The Morgan fingerprint density at radius 2 is 1.16 bits per heavy atom. The maximum atomic E-state index is 13.9. The third-order valence-corrected chi connectivity index (χ3v) is 10.2. The second-order valence-electron chi connectivity index (χ2n) is 8.44. The molecule has 0 fully saturated rings. The van der Waals surface area contributed by atoms with Crippen molar-refractivity contribution < 1.29 is 14.3 Å². The molecule has 0 saturated heterocycles. The van der Waals surface area contributed by atoms with Gasteiger partial charge >= 0.3 is 5.97 Å². The zero-order valence-electron chi connectivity index (χ0n) is 21.3. The Morgan fingerprint density at radius 3 is 1.61 bits per heavy atom. The molecule has 0 unspecified atom stereocenters. The lowest BCUT2D eigenvalue weighted by atomic mass is 10.1. The molecular weight excluding hydrogens is 487 g/mol. The third-order valence-electron chi connectivity index (χ3n) is 5.95. The number of hydrogen-bond donors (Lipinski definition) is 0. The van der Waals surface area contributed by atoms with Crippen molar-refractivity contribution in [3.05, 3.63) is 126 Å². The molecule has 3 nitrogen and oxygen atoms in total. The van der Waals surface area contributed by atoms with Crippen LogP contribution in [0.1, 0.15) is 18.1 Å². The molecule has 0 spiro atoms. The second-order valence-corrected chi connectivity index (χ2v) is 11.8. The molecule has 4 rings (SSSR count). The van der Waals surface area contributed by atoms with Crippen molar-refractivity contribution >= 4 is 39.8 Å². The van der Waals surface area contributed by atoms with E-state index in [1.54, 1.807) is 6.92 Å². The predicted octanol–water partition coefficient (Wildman–Crippen LogP) is 4.65. The highest BCUT2D eigenvalue weighted by molar-refractivity contribution is 7.97. The van der Waals surface area contributed by atoms with Crippen LogP contribution in [0.5, 0.6) is 0 Å². The van der Waals surface area contributed by atoms with Crippen LogP contribution in [0.4, 0.5) is 0 Å². The minimum Gasteiger partial charge on any atom is -0.462 e. The van der Waals surface area contributed by atoms with Crippen molar-refractivity contribution in [2.45, 2.75) is 13.8 Å².